The van der Waals surface area contributed by atoms with E-state index in [2.05, 4.69) is 53.0 Å². The van der Waals surface area contributed by atoms with E-state index in [1.807, 2.05) is 0 Å². The Labute approximate surface area is 421 Å². The number of aliphatic hydroxyl groups is 4. The highest BCUT2D eigenvalue weighted by Crippen LogP contribution is 2.63. The van der Waals surface area contributed by atoms with Crippen molar-refractivity contribution in [3.63, 3.8) is 0 Å². The van der Waals surface area contributed by atoms with Gasteiger partial charge in [0.2, 0.25) is 17.7 Å². The van der Waals surface area contributed by atoms with Crippen LogP contribution in [-0.2, 0) is 71.0 Å². The van der Waals surface area contributed by atoms with Crippen LogP contribution in [0.5, 0.6) is 0 Å². The van der Waals surface area contributed by atoms with Gasteiger partial charge in [0, 0.05) is 7.11 Å². The zero-order chi connectivity index (χ0) is 55.2. The Bertz CT molecular complexity index is 3520. The van der Waals surface area contributed by atoms with Gasteiger partial charge in [-0.3, -0.25) is 51.5 Å². The molecule has 6 aromatic rings. The number of aromatic amines is 2. The Morgan fingerprint density at radius 3 is 1.99 bits per heavy atom. The molecule has 0 saturated carbocycles. The minimum absolute atomic E-state index is 0.00917. The highest BCUT2D eigenvalue weighted by molar-refractivity contribution is 7.65. The summed E-state index contributed by atoms with van der Waals surface area (Å²) in [6, 6.07) is 0. The Balaban J connectivity index is 0.867. The predicted octanol–water partition coefficient (Wildman–Crippen LogP) is -6.85. The molecule has 7 unspecified atom stereocenters. The Kier molecular flexibility index (Phi) is 14.8. The van der Waals surface area contributed by atoms with Crippen LogP contribution in [0.3, 0.4) is 0 Å². The fourth-order valence-corrected chi connectivity index (χ4v) is 12.9. The van der Waals surface area contributed by atoms with E-state index in [0.29, 0.717) is 0 Å². The van der Waals surface area contributed by atoms with Crippen LogP contribution in [0, 0.1) is 0 Å². The van der Waals surface area contributed by atoms with Crippen molar-refractivity contribution in [1.29, 1.82) is 0 Å². The molecule has 0 aromatic carbocycles. The molecule has 0 spiro atoms. The summed E-state index contributed by atoms with van der Waals surface area (Å²) in [6.07, 6.45) is -15.0. The molecule has 16 atom stereocenters. The SMILES string of the molecule is COC1[C@@H](OP(=O)([O-])OC[C@H]2O[C@@H](n3cnc4c(=O)[nH]c(N)nc43)C(O)[C@H]2O)[C@@H](COP(=O)([O-])OP(=O)([O-])OP(=O)([O-])OC[C@H]2O[C@@H]([n+]3cn(C)c4c(=O)[nH]c(N)nc43)[C@](C)(O)C2O)O[C@H]1n1cnc2c(N)ncnc21. The number of nitrogens with zero attached hydrogens (tertiary/aromatic N) is 10. The number of nitrogens with one attached hydrogen (secondary N) is 2. The molecule has 39 nitrogen and oxygen atoms in total. The second kappa shape index (κ2) is 20.3. The first-order valence-corrected chi connectivity index (χ1v) is 27.3. The number of aromatic nitrogens is 12. The quantitative estimate of drug-likeness (QED) is 0.0269. The first kappa shape index (κ1) is 55.6. The normalized spacial score (nSPS) is 31.2. The van der Waals surface area contributed by atoms with E-state index >= 15 is 0 Å². The number of H-pyrrole nitrogens is 2. The summed E-state index contributed by atoms with van der Waals surface area (Å²) < 4.78 is 107. The summed E-state index contributed by atoms with van der Waals surface area (Å²) in [4.78, 5) is 105. The summed E-state index contributed by atoms with van der Waals surface area (Å²) in [5, 5.41) is 43.8. The number of nitrogen functional groups attached to an aromatic ring is 3. The molecule has 3 saturated heterocycles. The zero-order valence-electron chi connectivity index (χ0n) is 38.7. The van der Waals surface area contributed by atoms with E-state index in [1.165, 1.54) is 17.9 Å². The van der Waals surface area contributed by atoms with Gasteiger partial charge in [-0.15, -0.1) is 0 Å². The van der Waals surface area contributed by atoms with E-state index in [4.69, 9.17) is 49.7 Å². The number of phosphoric acid groups is 4. The van der Waals surface area contributed by atoms with Gasteiger partial charge in [0.1, 0.15) is 66.3 Å². The van der Waals surface area contributed by atoms with Gasteiger partial charge in [0.15, 0.2) is 41.4 Å². The van der Waals surface area contributed by atoms with Crippen LogP contribution in [0.15, 0.2) is 34.9 Å². The van der Waals surface area contributed by atoms with Gasteiger partial charge < -0.3 is 94.2 Å². The molecule has 0 aliphatic carbocycles. The maximum Gasteiger partial charge on any atom is 0.313 e. The molecule has 76 heavy (non-hydrogen) atoms. The lowest BCUT2D eigenvalue weighted by atomic mass is 9.96. The number of aryl methyl sites for hydroxylation is 1. The number of ether oxygens (including phenoxy) is 4. The van der Waals surface area contributed by atoms with Crippen molar-refractivity contribution in [3.05, 3.63) is 46.0 Å². The zero-order valence-corrected chi connectivity index (χ0v) is 42.3. The van der Waals surface area contributed by atoms with E-state index in [9.17, 15) is 67.8 Å². The molecule has 9 heterocycles. The summed E-state index contributed by atoms with van der Waals surface area (Å²) in [6.45, 7) is -2.68. The molecular formula is C33H42N15O24P4-3. The number of aliphatic hydroxyl groups excluding tert-OH is 3. The van der Waals surface area contributed by atoms with Gasteiger partial charge in [-0.1, -0.05) is 4.98 Å². The minimum Gasteiger partial charge on any atom is -0.756 e. The van der Waals surface area contributed by atoms with E-state index in [0.717, 1.165) is 46.7 Å². The summed E-state index contributed by atoms with van der Waals surface area (Å²) in [7, 11) is -22.4. The Morgan fingerprint density at radius 2 is 1.32 bits per heavy atom. The third-order valence-electron chi connectivity index (χ3n) is 11.9. The first-order valence-electron chi connectivity index (χ1n) is 21.5. The molecule has 9 rings (SSSR count). The average Bonchev–Trinajstić information content (AvgIpc) is 4.16. The number of nitrogens with two attached hydrogens (primary N) is 3. The lowest BCUT2D eigenvalue weighted by Crippen LogP contribution is -2.53. The van der Waals surface area contributed by atoms with Crippen LogP contribution in [0.25, 0.3) is 33.5 Å². The molecule has 3 aliphatic heterocycles. The Morgan fingerprint density at radius 1 is 0.737 bits per heavy atom. The fourth-order valence-electron chi connectivity index (χ4n) is 8.53. The van der Waals surface area contributed by atoms with Crippen LogP contribution in [0.1, 0.15) is 25.6 Å². The fraction of sp³-hybridized carbons (Fsp3) is 0.545. The molecule has 3 fully saturated rings. The molecule has 12 N–H and O–H groups in total. The van der Waals surface area contributed by atoms with E-state index < -0.39 is 135 Å². The average molecular weight is 1160 g/mol. The van der Waals surface area contributed by atoms with Crippen LogP contribution in [-0.4, -0.2) is 155 Å². The van der Waals surface area contributed by atoms with Crippen molar-refractivity contribution >= 4 is 82.5 Å². The topological polar surface area (TPSA) is 574 Å². The molecule has 3 aliphatic rings. The Hall–Kier alpha value is -5.15. The monoisotopic (exact) mass is 1160 g/mol. The summed E-state index contributed by atoms with van der Waals surface area (Å²) >= 11 is 0. The van der Waals surface area contributed by atoms with Crippen LogP contribution < -0.4 is 52.5 Å². The smallest absolute Gasteiger partial charge is 0.313 e. The van der Waals surface area contributed by atoms with Crippen LogP contribution in [0.2, 0.25) is 0 Å². The first-order chi connectivity index (χ1) is 35.5. The van der Waals surface area contributed by atoms with Gasteiger partial charge in [0.05, 0.1) is 39.5 Å². The molecule has 43 heteroatoms. The molecule has 416 valence electrons. The lowest BCUT2D eigenvalue weighted by Gasteiger charge is -2.35. The number of anilines is 3. The molecule has 6 aromatic heterocycles. The van der Waals surface area contributed by atoms with Gasteiger partial charge >= 0.3 is 5.65 Å². The second-order valence-corrected chi connectivity index (χ2v) is 22.9. The predicted molar refractivity (Wildman–Crippen MR) is 235 cm³/mol. The van der Waals surface area contributed by atoms with Gasteiger partial charge in [-0.25, -0.2) is 33.1 Å². The second-order valence-electron chi connectivity index (χ2n) is 17.0. The summed E-state index contributed by atoms with van der Waals surface area (Å²) in [5.74, 6) is -0.788. The maximum atomic E-state index is 13.5. The number of hydrogen-bond donors (Lipinski definition) is 9. The number of hydrogen-bond acceptors (Lipinski definition) is 33. The third kappa shape index (κ3) is 10.7. The molecule has 0 amide bonds. The van der Waals surface area contributed by atoms with E-state index in [1.54, 1.807) is 0 Å². The van der Waals surface area contributed by atoms with Crippen molar-refractivity contribution in [1.82, 2.24) is 53.6 Å². The molecule has 0 bridgehead atoms. The summed E-state index contributed by atoms with van der Waals surface area (Å²) in [5.41, 5.74) is 12.9. The number of phosphoric ester groups is 3. The van der Waals surface area contributed by atoms with Crippen molar-refractivity contribution < 1.29 is 108 Å². The van der Waals surface area contributed by atoms with Gasteiger partial charge in [-0.2, -0.15) is 4.98 Å². The standard InChI is InChI=1S/C33H45N15O24P4/c1-33(54)21(51)13(69-30(33)48-10-45(2)16-25(48)42-32(36)44-27(16)53)6-66-75(59,60)72-76(61,62)71-74(57,58)65-5-12-19(20(63-3)29(68-12)46-8-39-14-22(34)37-7-38-23(14)46)70-73(55,56)64-4-11-17(49)18(50)28(67-11)47-9-40-15-24(47)41-31(35)43-26(15)52/h7-13,17-21,28-30,49-51,54H,4-6H2,1-3H3,(H11-,34,35,36,37,38,41,42,43,44,52,53,55,56,57,58,59,60,61,62)/p-3/t11-,12-,13-,17+,18?,19+,20?,21?,28-,29-,30-,33-/m1/s1. The molecule has 0 radical (unpaired) electrons. The van der Waals surface area contributed by atoms with E-state index in [-0.39, 0.29) is 51.2 Å². The highest BCUT2D eigenvalue weighted by Gasteiger charge is 2.56. The largest absolute Gasteiger partial charge is 0.756 e. The van der Waals surface area contributed by atoms with Gasteiger partial charge in [0.25, 0.3) is 48.4 Å². The third-order valence-corrected chi connectivity index (χ3v) is 17.0. The number of rotatable bonds is 19. The van der Waals surface area contributed by atoms with Crippen molar-refractivity contribution in [2.75, 3.05) is 44.1 Å². The van der Waals surface area contributed by atoms with Gasteiger partial charge in [-0.05, 0) is 6.92 Å². The maximum absolute atomic E-state index is 13.5. The van der Waals surface area contributed by atoms with Crippen molar-refractivity contribution in [3.8, 4) is 0 Å². The number of imidazole rings is 3. The number of fused-ring (bicyclic) bond motifs is 3. The highest BCUT2D eigenvalue weighted by atomic mass is 31.3. The van der Waals surface area contributed by atoms with Crippen molar-refractivity contribution in [2.24, 2.45) is 7.05 Å². The lowest BCUT2D eigenvalue weighted by molar-refractivity contribution is -0.752. The minimum atomic E-state index is -6.60. The number of methoxy groups -OCH3 is 1. The van der Waals surface area contributed by atoms with Crippen molar-refractivity contribution in [2.45, 2.75) is 80.0 Å². The van der Waals surface area contributed by atoms with Crippen LogP contribution in [0.4, 0.5) is 17.7 Å². The van der Waals surface area contributed by atoms with Crippen LogP contribution >= 0.6 is 31.3 Å². The molecular weight excluding hydrogens is 1110 g/mol.